The fraction of sp³-hybridized carbons (Fsp3) is 0.769. The van der Waals surface area contributed by atoms with E-state index in [0.29, 0.717) is 24.8 Å². The smallest absolute Gasteiger partial charge is 0.323 e. The van der Waals surface area contributed by atoms with Crippen molar-refractivity contribution in [2.24, 2.45) is 11.8 Å². The zero-order valence-corrected chi connectivity index (χ0v) is 13.3. The van der Waals surface area contributed by atoms with Crippen LogP contribution in [0.2, 0.25) is 0 Å². The molecule has 120 valence electrons. The van der Waals surface area contributed by atoms with E-state index in [9.17, 15) is 5.11 Å². The van der Waals surface area contributed by atoms with Gasteiger partial charge in [0.15, 0.2) is 0 Å². The molecule has 1 aromatic rings. The molecule has 1 aromatic heterocycles. The minimum Gasteiger partial charge on any atom is -0.461 e. The molecule has 8 heteroatoms. The third-order valence-electron chi connectivity index (χ3n) is 2.56. The Bertz CT molecular complexity index is 450. The first-order valence-electron chi connectivity index (χ1n) is 7.07. The third kappa shape index (κ3) is 6.54. The van der Waals surface area contributed by atoms with Crippen molar-refractivity contribution in [3.05, 3.63) is 0 Å². The molecule has 1 unspecified atom stereocenters. The average molecular weight is 298 g/mol. The maximum Gasteiger partial charge on any atom is 0.323 e. The van der Waals surface area contributed by atoms with E-state index in [-0.39, 0.29) is 18.1 Å². The zero-order chi connectivity index (χ0) is 16.0. The van der Waals surface area contributed by atoms with Gasteiger partial charge in [-0.1, -0.05) is 13.8 Å². The molecule has 0 aliphatic rings. The van der Waals surface area contributed by atoms with Crippen molar-refractivity contribution in [2.75, 3.05) is 17.3 Å². The van der Waals surface area contributed by atoms with Crippen molar-refractivity contribution in [1.82, 2.24) is 15.0 Å². The van der Waals surface area contributed by atoms with Crippen LogP contribution in [0, 0.1) is 5.92 Å². The molecule has 0 radical (unpaired) electrons. The average Bonchev–Trinajstić information content (AvgIpc) is 2.34. The number of nitrogens with zero attached hydrogens (tertiary/aromatic N) is 3. The Balaban J connectivity index is 2.78. The summed E-state index contributed by atoms with van der Waals surface area (Å²) < 4.78 is 5.43. The van der Waals surface area contributed by atoms with Crippen LogP contribution in [0.15, 0.2) is 0 Å². The van der Waals surface area contributed by atoms with Gasteiger partial charge in [0.25, 0.3) is 0 Å². The summed E-state index contributed by atoms with van der Waals surface area (Å²) in [5.41, 5.74) is 1.51. The van der Waals surface area contributed by atoms with Crippen molar-refractivity contribution >= 4 is 11.9 Å². The topological polar surface area (TPSA) is 118 Å². The Hall–Kier alpha value is -1.67. The van der Waals surface area contributed by atoms with Gasteiger partial charge in [-0.2, -0.15) is 15.0 Å². The van der Waals surface area contributed by atoms with Crippen molar-refractivity contribution in [3.63, 3.8) is 0 Å². The lowest BCUT2D eigenvalue weighted by molar-refractivity contribution is 0.0513. The highest BCUT2D eigenvalue weighted by Crippen LogP contribution is 2.18. The summed E-state index contributed by atoms with van der Waals surface area (Å²) in [6.07, 6.45) is 0.609. The normalized spacial score (nSPS) is 14.1. The van der Waals surface area contributed by atoms with Crippen LogP contribution >= 0.6 is 0 Å². The number of anilines is 2. The molecule has 0 aliphatic heterocycles. The van der Waals surface area contributed by atoms with E-state index >= 15 is 0 Å². The van der Waals surface area contributed by atoms with Crippen molar-refractivity contribution in [1.29, 1.82) is 0 Å². The Kier molecular flexibility index (Phi) is 6.10. The lowest BCUT2D eigenvalue weighted by atomic mass is 9.94. The van der Waals surface area contributed by atoms with Gasteiger partial charge in [0, 0.05) is 6.54 Å². The van der Waals surface area contributed by atoms with Crippen LogP contribution in [-0.4, -0.2) is 38.3 Å². The highest BCUT2D eigenvalue weighted by Gasteiger charge is 2.22. The maximum absolute atomic E-state index is 10.3. The highest BCUT2D eigenvalue weighted by molar-refractivity contribution is 5.35. The molecule has 0 aromatic carbocycles. The largest absolute Gasteiger partial charge is 0.461 e. The minimum atomic E-state index is -0.851. The summed E-state index contributed by atoms with van der Waals surface area (Å²) in [5, 5.41) is 13.3. The van der Waals surface area contributed by atoms with Gasteiger partial charge in [-0.25, -0.2) is 5.84 Å². The molecule has 0 spiro atoms. The number of nitrogen functional groups attached to an aromatic ring is 1. The number of rotatable bonds is 8. The van der Waals surface area contributed by atoms with Gasteiger partial charge in [0.2, 0.25) is 11.9 Å². The van der Waals surface area contributed by atoms with E-state index in [0.717, 1.165) is 0 Å². The molecule has 0 amide bonds. The van der Waals surface area contributed by atoms with E-state index in [1.165, 1.54) is 0 Å². The third-order valence-corrected chi connectivity index (χ3v) is 2.56. The molecule has 1 atom stereocenters. The Morgan fingerprint density at radius 2 is 1.81 bits per heavy atom. The quantitative estimate of drug-likeness (QED) is 0.417. The van der Waals surface area contributed by atoms with Crippen LogP contribution in [-0.2, 0) is 0 Å². The first kappa shape index (κ1) is 17.4. The number of aromatic nitrogens is 3. The van der Waals surface area contributed by atoms with Gasteiger partial charge < -0.3 is 15.2 Å². The van der Waals surface area contributed by atoms with Gasteiger partial charge in [-0.15, -0.1) is 0 Å². The molecule has 0 bridgehead atoms. The van der Waals surface area contributed by atoms with Crippen LogP contribution in [0.5, 0.6) is 6.01 Å². The van der Waals surface area contributed by atoms with Gasteiger partial charge in [-0.3, -0.25) is 5.43 Å². The molecule has 5 N–H and O–H groups in total. The molecular weight excluding hydrogens is 272 g/mol. The molecule has 1 rings (SSSR count). The summed E-state index contributed by atoms with van der Waals surface area (Å²) in [6.45, 7) is 9.96. The van der Waals surface area contributed by atoms with Gasteiger partial charge in [-0.05, 0) is 33.1 Å². The van der Waals surface area contributed by atoms with Crippen molar-refractivity contribution < 1.29 is 9.84 Å². The van der Waals surface area contributed by atoms with Crippen molar-refractivity contribution in [2.45, 2.75) is 52.7 Å². The lowest BCUT2D eigenvalue weighted by Gasteiger charge is -2.25. The Labute approximate surface area is 125 Å². The first-order chi connectivity index (χ1) is 9.71. The van der Waals surface area contributed by atoms with Crippen LogP contribution in [0.25, 0.3) is 0 Å². The Morgan fingerprint density at radius 3 is 2.33 bits per heavy atom. The fourth-order valence-corrected chi connectivity index (χ4v) is 1.98. The zero-order valence-electron chi connectivity index (χ0n) is 13.3. The van der Waals surface area contributed by atoms with Crippen LogP contribution in [0.4, 0.5) is 11.9 Å². The Morgan fingerprint density at radius 1 is 1.19 bits per heavy atom. The molecule has 0 aliphatic carbocycles. The molecular formula is C13H26N6O2. The monoisotopic (exact) mass is 298 g/mol. The van der Waals surface area contributed by atoms with E-state index in [4.69, 9.17) is 10.6 Å². The second kappa shape index (κ2) is 7.37. The number of hydrogen-bond acceptors (Lipinski definition) is 8. The molecule has 8 nitrogen and oxygen atoms in total. The predicted octanol–water partition coefficient (Wildman–Crippen LogP) is 1.15. The number of hydrogen-bond donors (Lipinski definition) is 4. The van der Waals surface area contributed by atoms with E-state index < -0.39 is 5.60 Å². The molecule has 21 heavy (non-hydrogen) atoms. The van der Waals surface area contributed by atoms with Crippen LogP contribution in [0.1, 0.15) is 41.0 Å². The van der Waals surface area contributed by atoms with E-state index in [1.54, 1.807) is 6.92 Å². The fourth-order valence-electron chi connectivity index (χ4n) is 1.98. The number of nitrogens with two attached hydrogens (primary N) is 1. The van der Waals surface area contributed by atoms with Gasteiger partial charge in [0.05, 0.1) is 11.7 Å². The molecule has 0 saturated carbocycles. The molecule has 0 saturated heterocycles. The summed E-state index contributed by atoms with van der Waals surface area (Å²) >= 11 is 0. The molecule has 1 heterocycles. The number of ether oxygens (including phenoxy) is 1. The maximum atomic E-state index is 10.3. The summed E-state index contributed by atoms with van der Waals surface area (Å²) in [7, 11) is 0. The van der Waals surface area contributed by atoms with E-state index in [1.807, 2.05) is 13.8 Å². The van der Waals surface area contributed by atoms with Crippen LogP contribution < -0.4 is 21.3 Å². The summed E-state index contributed by atoms with van der Waals surface area (Å²) in [5.74, 6) is 6.22. The SMILES string of the molecule is CC(C)CC(C)(O)CNc1nc(NN)nc(OC(C)C)n1. The van der Waals surface area contributed by atoms with Crippen molar-refractivity contribution in [3.8, 4) is 6.01 Å². The van der Waals surface area contributed by atoms with E-state index in [2.05, 4.69) is 39.5 Å². The lowest BCUT2D eigenvalue weighted by Crippen LogP contribution is -2.35. The minimum absolute atomic E-state index is 0.0603. The van der Waals surface area contributed by atoms with Gasteiger partial charge in [0.1, 0.15) is 0 Å². The second-order valence-corrected chi connectivity index (χ2v) is 6.02. The predicted molar refractivity (Wildman–Crippen MR) is 82.0 cm³/mol. The summed E-state index contributed by atoms with van der Waals surface area (Å²) in [6, 6.07) is 0.180. The number of aliphatic hydroxyl groups is 1. The van der Waals surface area contributed by atoms with Crippen LogP contribution in [0.3, 0.4) is 0 Å². The molecule has 0 fully saturated rings. The standard InChI is InChI=1S/C13H26N6O2/c1-8(2)6-13(5,20)7-15-10-16-11(19-14)18-12(17-10)21-9(3)4/h8-9,20H,6-7,14H2,1-5H3,(H2,15,16,17,18,19). The van der Waals surface area contributed by atoms with Gasteiger partial charge >= 0.3 is 6.01 Å². The second-order valence-electron chi connectivity index (χ2n) is 6.02. The number of nitrogens with one attached hydrogen (secondary N) is 2. The summed E-state index contributed by atoms with van der Waals surface area (Å²) in [4.78, 5) is 12.2. The first-order valence-corrected chi connectivity index (χ1v) is 7.07. The number of hydrazine groups is 1. The highest BCUT2D eigenvalue weighted by atomic mass is 16.5.